The van der Waals surface area contributed by atoms with Gasteiger partial charge in [-0.15, -0.1) is 0 Å². The van der Waals surface area contributed by atoms with Gasteiger partial charge in [-0.25, -0.2) is 0 Å². The predicted octanol–water partition coefficient (Wildman–Crippen LogP) is 1.24. The zero-order valence-electron chi connectivity index (χ0n) is 15.7. The molecule has 0 saturated heterocycles. The second kappa shape index (κ2) is 7.54. The number of hydrogen-bond donors (Lipinski definition) is 1. The largest absolute Gasteiger partial charge is 0.350 e. The number of rotatable bonds is 6. The van der Waals surface area contributed by atoms with Crippen molar-refractivity contribution in [2.24, 2.45) is 5.92 Å². The van der Waals surface area contributed by atoms with Crippen molar-refractivity contribution in [3.05, 3.63) is 35.4 Å². The Labute approximate surface area is 158 Å². The highest BCUT2D eigenvalue weighted by Gasteiger charge is 2.31. The molecule has 1 saturated carbocycles. The highest BCUT2D eigenvalue weighted by molar-refractivity contribution is 5.79. The van der Waals surface area contributed by atoms with E-state index in [1.54, 1.807) is 6.20 Å². The molecule has 0 bridgehead atoms. The molecule has 1 N–H and O–H groups in total. The molecule has 2 amide bonds. The van der Waals surface area contributed by atoms with Crippen LogP contribution >= 0.6 is 0 Å². The molecule has 2 aromatic heterocycles. The fraction of sp³-hybridized carbons (Fsp3) is 0.579. The summed E-state index contributed by atoms with van der Waals surface area (Å²) in [6.45, 7) is 5.02. The molecule has 2 aromatic rings. The first-order valence-electron chi connectivity index (χ1n) is 9.69. The summed E-state index contributed by atoms with van der Waals surface area (Å²) in [7, 11) is 0. The maximum absolute atomic E-state index is 12.4. The van der Waals surface area contributed by atoms with Crippen molar-refractivity contribution in [1.29, 1.82) is 0 Å². The Hall–Kier alpha value is -2.64. The number of fused-ring (bicyclic) bond motifs is 1. The van der Waals surface area contributed by atoms with E-state index in [0.717, 1.165) is 43.0 Å². The van der Waals surface area contributed by atoms with Crippen LogP contribution in [0.2, 0.25) is 0 Å². The van der Waals surface area contributed by atoms with Crippen LogP contribution in [0.5, 0.6) is 0 Å². The van der Waals surface area contributed by atoms with E-state index in [1.807, 2.05) is 33.3 Å². The maximum atomic E-state index is 12.4. The summed E-state index contributed by atoms with van der Waals surface area (Å²) in [6.07, 6.45) is 5.36. The summed E-state index contributed by atoms with van der Waals surface area (Å²) in [4.78, 5) is 26.5. The van der Waals surface area contributed by atoms with Gasteiger partial charge in [0.05, 0.1) is 31.0 Å². The first-order chi connectivity index (χ1) is 13.1. The second-order valence-corrected chi connectivity index (χ2v) is 7.46. The fourth-order valence-corrected chi connectivity index (χ4v) is 3.63. The van der Waals surface area contributed by atoms with Gasteiger partial charge in [0.25, 0.3) is 0 Å². The SMILES string of the molecule is Cc1ccnn1CCC(=O)NCc1cc2n(n1)CCN(C(=O)C1CCC1)C2. The number of nitrogens with one attached hydrogen (secondary N) is 1. The molecule has 1 aliphatic carbocycles. The summed E-state index contributed by atoms with van der Waals surface area (Å²) in [5.74, 6) is 0.506. The molecule has 0 radical (unpaired) electrons. The van der Waals surface area contributed by atoms with Gasteiger partial charge in [0.2, 0.25) is 11.8 Å². The number of amides is 2. The Kier molecular flexibility index (Phi) is 4.96. The minimum absolute atomic E-state index is 0.0161. The average Bonchev–Trinajstić information content (AvgIpc) is 3.21. The molecule has 0 aromatic carbocycles. The number of nitrogens with zero attached hydrogens (tertiary/aromatic N) is 5. The molecule has 8 nitrogen and oxygen atoms in total. The van der Waals surface area contributed by atoms with Gasteiger partial charge >= 0.3 is 0 Å². The van der Waals surface area contributed by atoms with Gasteiger partial charge < -0.3 is 10.2 Å². The molecule has 0 unspecified atom stereocenters. The third-order valence-electron chi connectivity index (χ3n) is 5.56. The van der Waals surface area contributed by atoms with Crippen LogP contribution in [0.3, 0.4) is 0 Å². The van der Waals surface area contributed by atoms with Crippen molar-refractivity contribution in [2.75, 3.05) is 6.54 Å². The van der Waals surface area contributed by atoms with E-state index >= 15 is 0 Å². The third-order valence-corrected chi connectivity index (χ3v) is 5.56. The fourth-order valence-electron chi connectivity index (χ4n) is 3.63. The van der Waals surface area contributed by atoms with Gasteiger partial charge in [0.1, 0.15) is 0 Å². The van der Waals surface area contributed by atoms with Crippen molar-refractivity contribution >= 4 is 11.8 Å². The highest BCUT2D eigenvalue weighted by Crippen LogP contribution is 2.29. The van der Waals surface area contributed by atoms with Crippen LogP contribution in [0.25, 0.3) is 0 Å². The topological polar surface area (TPSA) is 85.1 Å². The minimum atomic E-state index is -0.0161. The van der Waals surface area contributed by atoms with Crippen LogP contribution in [0.4, 0.5) is 0 Å². The number of aromatic nitrogens is 4. The summed E-state index contributed by atoms with van der Waals surface area (Å²) in [5.41, 5.74) is 2.93. The Balaban J connectivity index is 1.27. The molecule has 2 aliphatic rings. The number of carbonyl (C=O) groups excluding carboxylic acids is 2. The summed E-state index contributed by atoms with van der Waals surface area (Å²) in [5, 5.41) is 11.7. The van der Waals surface area contributed by atoms with Crippen molar-refractivity contribution in [3.63, 3.8) is 0 Å². The molecule has 27 heavy (non-hydrogen) atoms. The Morgan fingerprint density at radius 3 is 2.85 bits per heavy atom. The maximum Gasteiger partial charge on any atom is 0.226 e. The van der Waals surface area contributed by atoms with Crippen LogP contribution in [-0.4, -0.2) is 42.8 Å². The molecule has 4 rings (SSSR count). The van der Waals surface area contributed by atoms with Crippen LogP contribution in [0, 0.1) is 12.8 Å². The summed E-state index contributed by atoms with van der Waals surface area (Å²) >= 11 is 0. The molecule has 1 fully saturated rings. The third kappa shape index (κ3) is 3.89. The van der Waals surface area contributed by atoms with E-state index in [1.165, 1.54) is 6.42 Å². The highest BCUT2D eigenvalue weighted by atomic mass is 16.2. The number of carbonyl (C=O) groups is 2. The molecule has 8 heteroatoms. The number of aryl methyl sites for hydroxylation is 2. The van der Waals surface area contributed by atoms with E-state index in [4.69, 9.17) is 0 Å². The molecule has 144 valence electrons. The predicted molar refractivity (Wildman–Crippen MR) is 98.4 cm³/mol. The van der Waals surface area contributed by atoms with Gasteiger partial charge in [0, 0.05) is 37.3 Å². The molecular weight excluding hydrogens is 344 g/mol. The Morgan fingerprint density at radius 1 is 1.30 bits per heavy atom. The lowest BCUT2D eigenvalue weighted by Gasteiger charge is -2.34. The first-order valence-corrected chi connectivity index (χ1v) is 9.69. The Morgan fingerprint density at radius 2 is 2.15 bits per heavy atom. The van der Waals surface area contributed by atoms with E-state index in [-0.39, 0.29) is 17.7 Å². The number of hydrogen-bond acceptors (Lipinski definition) is 4. The van der Waals surface area contributed by atoms with E-state index in [0.29, 0.717) is 26.1 Å². The van der Waals surface area contributed by atoms with Crippen LogP contribution in [0.15, 0.2) is 18.3 Å². The monoisotopic (exact) mass is 370 g/mol. The van der Waals surface area contributed by atoms with Gasteiger partial charge in [-0.3, -0.25) is 19.0 Å². The van der Waals surface area contributed by atoms with Gasteiger partial charge in [-0.2, -0.15) is 10.2 Å². The minimum Gasteiger partial charge on any atom is -0.350 e. The quantitative estimate of drug-likeness (QED) is 0.829. The van der Waals surface area contributed by atoms with Crippen molar-refractivity contribution < 1.29 is 9.59 Å². The standard InChI is InChI=1S/C19H26N6O2/c1-14-5-7-21-24(14)8-6-18(26)20-12-16-11-17-13-23(9-10-25(17)22-16)19(27)15-3-2-4-15/h5,7,11,15H,2-4,6,8-10,12-13H2,1H3,(H,20,26). The zero-order valence-corrected chi connectivity index (χ0v) is 15.7. The first kappa shape index (κ1) is 17.8. The lowest BCUT2D eigenvalue weighted by atomic mass is 9.84. The molecule has 0 atom stereocenters. The molecule has 0 spiro atoms. The lowest BCUT2D eigenvalue weighted by Crippen LogP contribution is -2.43. The Bertz CT molecular complexity index is 835. The van der Waals surface area contributed by atoms with E-state index < -0.39 is 0 Å². The van der Waals surface area contributed by atoms with E-state index in [2.05, 4.69) is 15.5 Å². The lowest BCUT2D eigenvalue weighted by molar-refractivity contribution is -0.139. The van der Waals surface area contributed by atoms with Crippen molar-refractivity contribution in [2.45, 2.75) is 58.8 Å². The van der Waals surface area contributed by atoms with Crippen molar-refractivity contribution in [3.8, 4) is 0 Å². The normalized spacial score (nSPS) is 16.7. The molecule has 1 aliphatic heterocycles. The zero-order chi connectivity index (χ0) is 18.8. The van der Waals surface area contributed by atoms with Gasteiger partial charge in [-0.05, 0) is 31.9 Å². The average molecular weight is 370 g/mol. The molecule has 3 heterocycles. The smallest absolute Gasteiger partial charge is 0.226 e. The second-order valence-electron chi connectivity index (χ2n) is 7.46. The van der Waals surface area contributed by atoms with Crippen molar-refractivity contribution in [1.82, 2.24) is 29.8 Å². The summed E-state index contributed by atoms with van der Waals surface area (Å²) in [6, 6.07) is 3.92. The van der Waals surface area contributed by atoms with Crippen LogP contribution < -0.4 is 5.32 Å². The van der Waals surface area contributed by atoms with Crippen LogP contribution in [-0.2, 0) is 35.8 Å². The molecular formula is C19H26N6O2. The van der Waals surface area contributed by atoms with Gasteiger partial charge in [0.15, 0.2) is 0 Å². The van der Waals surface area contributed by atoms with Crippen LogP contribution in [0.1, 0.15) is 42.8 Å². The van der Waals surface area contributed by atoms with Gasteiger partial charge in [-0.1, -0.05) is 6.42 Å². The van der Waals surface area contributed by atoms with E-state index in [9.17, 15) is 9.59 Å². The summed E-state index contributed by atoms with van der Waals surface area (Å²) < 4.78 is 3.78.